The normalized spacial score (nSPS) is 11.6. The second-order valence-corrected chi connectivity index (χ2v) is 7.65. The van der Waals surface area contributed by atoms with Crippen LogP contribution in [0, 0.1) is 0 Å². The summed E-state index contributed by atoms with van der Waals surface area (Å²) in [4.78, 5) is 24.7. The Morgan fingerprint density at radius 2 is 1.33 bits per heavy atom. The predicted octanol–water partition coefficient (Wildman–Crippen LogP) is 4.23. The Hall–Kier alpha value is -2.10. The molecule has 1 aromatic carbocycles. The predicted molar refractivity (Wildman–Crippen MR) is 94.5 cm³/mol. The topological polar surface area (TPSA) is 52.6 Å². The van der Waals surface area contributed by atoms with E-state index >= 15 is 0 Å². The molecule has 0 aliphatic heterocycles. The van der Waals surface area contributed by atoms with Gasteiger partial charge in [0, 0.05) is 0 Å². The molecule has 0 atom stereocenters. The summed E-state index contributed by atoms with van der Waals surface area (Å²) in [5.74, 6) is -1.30. The van der Waals surface area contributed by atoms with Gasteiger partial charge in [0.15, 0.2) is 0 Å². The second kappa shape index (κ2) is 8.13. The van der Waals surface area contributed by atoms with Crippen molar-refractivity contribution in [3.63, 3.8) is 0 Å². The van der Waals surface area contributed by atoms with Crippen LogP contribution in [0.15, 0.2) is 42.0 Å². The van der Waals surface area contributed by atoms with Gasteiger partial charge in [-0.2, -0.15) is 0 Å². The van der Waals surface area contributed by atoms with Crippen LogP contribution in [-0.4, -0.2) is 23.1 Å². The number of hydrogen-bond donors (Lipinski definition) is 0. The second-order valence-electron chi connectivity index (χ2n) is 7.65. The van der Waals surface area contributed by atoms with Gasteiger partial charge in [0.2, 0.25) is 0 Å². The Morgan fingerprint density at radius 1 is 0.875 bits per heavy atom. The standard InChI is InChI=1S/C20H28O4/c1-19(2,3)23-17(21)16(18(22)24-20(4,5)6)14-10-13-15-11-8-7-9-12-15/h7-9,11-12,14H,10,13H2,1-6H3. The van der Waals surface area contributed by atoms with Crippen molar-refractivity contribution >= 4 is 11.9 Å². The van der Waals surface area contributed by atoms with Gasteiger partial charge in [-0.1, -0.05) is 36.4 Å². The number of carbonyl (C=O) groups excluding carboxylic acids is 2. The first kappa shape index (κ1) is 19.9. The SMILES string of the molecule is CC(C)(C)OC(=O)C(=CCCc1ccccc1)C(=O)OC(C)(C)C. The van der Waals surface area contributed by atoms with Gasteiger partial charge in [-0.25, -0.2) is 9.59 Å². The van der Waals surface area contributed by atoms with Crippen LogP contribution in [0.5, 0.6) is 0 Å². The molecule has 132 valence electrons. The fourth-order valence-corrected chi connectivity index (χ4v) is 1.94. The summed E-state index contributed by atoms with van der Waals surface area (Å²) < 4.78 is 10.7. The van der Waals surface area contributed by atoms with E-state index < -0.39 is 23.1 Å². The van der Waals surface area contributed by atoms with Crippen molar-refractivity contribution in [3.8, 4) is 0 Å². The molecule has 0 N–H and O–H groups in total. The number of aryl methyl sites for hydroxylation is 1. The molecule has 0 fully saturated rings. The molecule has 1 rings (SSSR count). The Labute approximate surface area is 144 Å². The summed E-state index contributed by atoms with van der Waals surface area (Å²) in [6.07, 6.45) is 2.89. The molecule has 0 saturated carbocycles. The number of ether oxygens (including phenoxy) is 2. The van der Waals surface area contributed by atoms with Crippen molar-refractivity contribution in [2.75, 3.05) is 0 Å². The quantitative estimate of drug-likeness (QED) is 0.350. The van der Waals surface area contributed by atoms with Crippen LogP contribution in [0.4, 0.5) is 0 Å². The van der Waals surface area contributed by atoms with E-state index in [4.69, 9.17) is 9.47 Å². The third-order valence-electron chi connectivity index (χ3n) is 2.86. The molecule has 1 aromatic rings. The Balaban J connectivity index is 2.88. The lowest BCUT2D eigenvalue weighted by Crippen LogP contribution is -2.31. The third kappa shape index (κ3) is 7.95. The smallest absolute Gasteiger partial charge is 0.345 e. The molecule has 0 aliphatic carbocycles. The van der Waals surface area contributed by atoms with Crippen LogP contribution in [0.3, 0.4) is 0 Å². The zero-order valence-electron chi connectivity index (χ0n) is 15.5. The van der Waals surface area contributed by atoms with E-state index in [0.29, 0.717) is 6.42 Å². The first-order chi connectivity index (χ1) is 11.0. The number of allylic oxidation sites excluding steroid dienone is 1. The maximum Gasteiger partial charge on any atom is 0.345 e. The van der Waals surface area contributed by atoms with Crippen LogP contribution in [0.25, 0.3) is 0 Å². The van der Waals surface area contributed by atoms with Crippen molar-refractivity contribution in [1.29, 1.82) is 0 Å². The summed E-state index contributed by atoms with van der Waals surface area (Å²) in [5.41, 5.74) is -0.243. The van der Waals surface area contributed by atoms with E-state index in [9.17, 15) is 9.59 Å². The lowest BCUT2D eigenvalue weighted by atomic mass is 10.1. The van der Waals surface area contributed by atoms with Crippen LogP contribution >= 0.6 is 0 Å². The van der Waals surface area contributed by atoms with Crippen LogP contribution in [0.1, 0.15) is 53.5 Å². The number of esters is 2. The molecule has 0 heterocycles. The first-order valence-corrected chi connectivity index (χ1v) is 8.19. The molecule has 0 spiro atoms. The first-order valence-electron chi connectivity index (χ1n) is 8.19. The highest BCUT2D eigenvalue weighted by molar-refractivity contribution is 6.14. The summed E-state index contributed by atoms with van der Waals surface area (Å²) >= 11 is 0. The largest absolute Gasteiger partial charge is 0.456 e. The van der Waals surface area contributed by atoms with Crippen LogP contribution in [0.2, 0.25) is 0 Å². The monoisotopic (exact) mass is 332 g/mol. The maximum atomic E-state index is 12.3. The fourth-order valence-electron chi connectivity index (χ4n) is 1.94. The highest BCUT2D eigenvalue weighted by Crippen LogP contribution is 2.17. The van der Waals surface area contributed by atoms with E-state index in [1.165, 1.54) is 0 Å². The highest BCUT2D eigenvalue weighted by Gasteiger charge is 2.28. The molecule has 0 radical (unpaired) electrons. The lowest BCUT2D eigenvalue weighted by molar-refractivity contribution is -0.158. The van der Waals surface area contributed by atoms with Gasteiger partial charge in [0.1, 0.15) is 16.8 Å². The number of benzene rings is 1. The zero-order valence-corrected chi connectivity index (χ0v) is 15.5. The van der Waals surface area contributed by atoms with Crippen molar-refractivity contribution < 1.29 is 19.1 Å². The molecule has 0 amide bonds. The zero-order chi connectivity index (χ0) is 18.4. The average molecular weight is 332 g/mol. The van der Waals surface area contributed by atoms with Crippen molar-refractivity contribution in [1.82, 2.24) is 0 Å². The average Bonchev–Trinajstić information content (AvgIpc) is 2.40. The number of carbonyl (C=O) groups is 2. The minimum Gasteiger partial charge on any atom is -0.456 e. The van der Waals surface area contributed by atoms with E-state index in [1.54, 1.807) is 47.6 Å². The summed E-state index contributed by atoms with van der Waals surface area (Å²) in [7, 11) is 0. The number of rotatable bonds is 5. The molecule has 4 nitrogen and oxygen atoms in total. The molecule has 0 bridgehead atoms. The fraction of sp³-hybridized carbons (Fsp3) is 0.500. The summed E-state index contributed by atoms with van der Waals surface area (Å²) in [6, 6.07) is 9.89. The maximum absolute atomic E-state index is 12.3. The molecular weight excluding hydrogens is 304 g/mol. The van der Waals surface area contributed by atoms with Gasteiger partial charge in [0.05, 0.1) is 0 Å². The number of hydrogen-bond acceptors (Lipinski definition) is 4. The third-order valence-corrected chi connectivity index (χ3v) is 2.86. The molecule has 4 heteroatoms. The highest BCUT2D eigenvalue weighted by atomic mass is 16.6. The lowest BCUT2D eigenvalue weighted by Gasteiger charge is -2.23. The van der Waals surface area contributed by atoms with E-state index in [-0.39, 0.29) is 5.57 Å². The minimum atomic E-state index is -0.669. The van der Waals surface area contributed by atoms with Gasteiger partial charge in [-0.05, 0) is 59.9 Å². The Morgan fingerprint density at radius 3 is 1.75 bits per heavy atom. The van der Waals surface area contributed by atoms with Crippen molar-refractivity contribution in [3.05, 3.63) is 47.5 Å². The van der Waals surface area contributed by atoms with E-state index in [0.717, 1.165) is 12.0 Å². The summed E-state index contributed by atoms with van der Waals surface area (Å²) in [5, 5.41) is 0. The van der Waals surface area contributed by atoms with Crippen LogP contribution in [-0.2, 0) is 25.5 Å². The molecule has 0 unspecified atom stereocenters. The van der Waals surface area contributed by atoms with Crippen LogP contribution < -0.4 is 0 Å². The molecule has 0 saturated heterocycles. The summed E-state index contributed by atoms with van der Waals surface area (Å²) in [6.45, 7) is 10.6. The molecule has 24 heavy (non-hydrogen) atoms. The molecule has 0 aromatic heterocycles. The van der Waals surface area contributed by atoms with Gasteiger partial charge < -0.3 is 9.47 Å². The van der Waals surface area contributed by atoms with Crippen molar-refractivity contribution in [2.24, 2.45) is 0 Å². The van der Waals surface area contributed by atoms with Gasteiger partial charge in [-0.3, -0.25) is 0 Å². The Kier molecular flexibility index (Phi) is 6.76. The Bertz CT molecular complexity index is 556. The van der Waals surface area contributed by atoms with E-state index in [2.05, 4.69) is 0 Å². The van der Waals surface area contributed by atoms with Gasteiger partial charge >= 0.3 is 11.9 Å². The molecule has 0 aliphatic rings. The molecular formula is C20H28O4. The minimum absolute atomic E-state index is 0.0456. The van der Waals surface area contributed by atoms with Crippen molar-refractivity contribution in [2.45, 2.75) is 65.6 Å². The van der Waals surface area contributed by atoms with E-state index in [1.807, 2.05) is 30.3 Å². The van der Waals surface area contributed by atoms with Gasteiger partial charge in [-0.15, -0.1) is 0 Å². The van der Waals surface area contributed by atoms with Gasteiger partial charge in [0.25, 0.3) is 0 Å².